The lowest BCUT2D eigenvalue weighted by Crippen LogP contribution is -2.38. The van der Waals surface area contributed by atoms with E-state index in [0.29, 0.717) is 18.9 Å². The number of phenols is 2. The number of halogens is 6. The number of aromatic hydroxyl groups is 2. The average molecular weight is 989 g/mol. The molecule has 0 bridgehead atoms. The van der Waals surface area contributed by atoms with E-state index in [0.717, 1.165) is 29.2 Å². The van der Waals surface area contributed by atoms with Crippen molar-refractivity contribution >= 4 is 60.3 Å². The fourth-order valence-electron chi connectivity index (χ4n) is 7.93. The molecule has 4 heterocycles. The predicted octanol–water partition coefficient (Wildman–Crippen LogP) is 5.33. The van der Waals surface area contributed by atoms with E-state index in [4.69, 9.17) is 9.47 Å². The van der Waals surface area contributed by atoms with E-state index in [1.165, 1.54) is 23.7 Å². The van der Waals surface area contributed by atoms with Crippen LogP contribution < -0.4 is 9.03 Å². The fraction of sp³-hybridized carbons (Fsp3) is 0.439. The molecule has 0 radical (unpaired) electrons. The topological polar surface area (TPSA) is 235 Å². The van der Waals surface area contributed by atoms with Gasteiger partial charge in [-0.2, -0.15) is 17.8 Å². The first-order valence-electron chi connectivity index (χ1n) is 20.7. The second-order valence-electron chi connectivity index (χ2n) is 16.1. The molecule has 1 saturated carbocycles. The first-order valence-corrected chi connectivity index (χ1v) is 23.5. The molecule has 1 aromatic heterocycles. The Hall–Kier alpha value is -6.31. The smallest absolute Gasteiger partial charge is 0.410 e. The Balaban J connectivity index is 0.892. The SMILES string of the molecule is CCn1nc(-c2ccc(O)c(N3CC(=O)N(COC(=O)C(C)CCCCCOC(=O)N4CC(c5ccc(O)c(C6=CC(=O)NS6(=O)=O)c5F)=CC4CC(F)F)S3(=O)=O)c2F)cc1C1CC1(F)F. The molecule has 1 saturated heterocycles. The minimum absolute atomic E-state index is 0.00134. The van der Waals surface area contributed by atoms with Gasteiger partial charge in [0, 0.05) is 42.3 Å². The van der Waals surface area contributed by atoms with Crippen LogP contribution in [0.5, 0.6) is 11.5 Å². The molecule has 1 aliphatic carbocycles. The molecule has 2 aromatic carbocycles. The number of unbranched alkanes of at least 4 members (excludes halogenated alkanes) is 2. The third-order valence-corrected chi connectivity index (χ3v) is 14.7. The van der Waals surface area contributed by atoms with Gasteiger partial charge in [-0.15, -0.1) is 0 Å². The van der Waals surface area contributed by atoms with E-state index in [2.05, 4.69) is 5.10 Å². The van der Waals surface area contributed by atoms with Crippen LogP contribution in [-0.4, -0.2) is 115 Å². The zero-order chi connectivity index (χ0) is 48.9. The first kappa shape index (κ1) is 48.6. The molecule has 362 valence electrons. The lowest BCUT2D eigenvalue weighted by molar-refractivity contribution is -0.152. The summed E-state index contributed by atoms with van der Waals surface area (Å²) < 4.78 is 152. The van der Waals surface area contributed by atoms with Crippen LogP contribution in [0.3, 0.4) is 0 Å². The molecule has 3 aromatic rings. The molecule has 0 spiro atoms. The number of aromatic nitrogens is 2. The van der Waals surface area contributed by atoms with Gasteiger partial charge in [-0.05, 0) is 55.7 Å². The van der Waals surface area contributed by atoms with Crippen molar-refractivity contribution in [2.24, 2.45) is 5.92 Å². The number of hydrogen-bond acceptors (Lipinski definition) is 13. The summed E-state index contributed by atoms with van der Waals surface area (Å²) in [4.78, 5) is 50.6. The number of esters is 1. The van der Waals surface area contributed by atoms with Crippen molar-refractivity contribution in [2.45, 2.75) is 83.2 Å². The number of aryl methyl sites for hydroxylation is 1. The number of nitrogens with zero attached hydrogens (tertiary/aromatic N) is 5. The highest BCUT2D eigenvalue weighted by Gasteiger charge is 2.59. The number of alkyl halides is 4. The van der Waals surface area contributed by atoms with Crippen LogP contribution >= 0.6 is 0 Å². The van der Waals surface area contributed by atoms with Crippen molar-refractivity contribution < 1.29 is 82.0 Å². The van der Waals surface area contributed by atoms with E-state index in [-0.39, 0.29) is 62.7 Å². The zero-order valence-electron chi connectivity index (χ0n) is 35.4. The van der Waals surface area contributed by atoms with Crippen molar-refractivity contribution in [1.29, 1.82) is 0 Å². The van der Waals surface area contributed by atoms with Crippen LogP contribution in [0.15, 0.2) is 42.5 Å². The number of carbonyl (C=O) groups excluding carboxylic acids is 4. The third kappa shape index (κ3) is 9.62. The van der Waals surface area contributed by atoms with Crippen LogP contribution in [0.4, 0.5) is 36.8 Å². The maximum Gasteiger partial charge on any atom is 0.410 e. The number of carbonyl (C=O) groups is 4. The Kier molecular flexibility index (Phi) is 13.4. The van der Waals surface area contributed by atoms with E-state index >= 15 is 8.78 Å². The molecule has 4 aliphatic rings. The molecule has 3 amide bonds. The number of rotatable bonds is 17. The molecule has 3 atom stereocenters. The first-order chi connectivity index (χ1) is 31.5. The average Bonchev–Trinajstić information content (AvgIpc) is 3.61. The van der Waals surface area contributed by atoms with Crippen LogP contribution in [0.1, 0.15) is 75.1 Å². The van der Waals surface area contributed by atoms with Crippen molar-refractivity contribution in [2.75, 3.05) is 30.7 Å². The summed E-state index contributed by atoms with van der Waals surface area (Å²) in [6.45, 7) is 0.570. The van der Waals surface area contributed by atoms with Gasteiger partial charge >= 0.3 is 22.3 Å². The highest BCUT2D eigenvalue weighted by Crippen LogP contribution is 2.56. The van der Waals surface area contributed by atoms with E-state index in [1.807, 2.05) is 0 Å². The van der Waals surface area contributed by atoms with Gasteiger partial charge in [-0.1, -0.05) is 25.8 Å². The number of amides is 3. The summed E-state index contributed by atoms with van der Waals surface area (Å²) in [5.74, 6) is -12.3. The molecule has 3 aliphatic heterocycles. The standard InChI is InChI=1S/C41H42F6N6O12S2/c1-3-51-28(26-17-41(26,46)47)15-27(48-51)25-9-11-30(55)38(37(25)45)52-19-34(57)53(67(52,62)63)20-65-39(58)21(2)7-5-4-6-12-64-40(59)50-18-22(13-23(50)14-32(42)43)24-8-10-29(54)35(36(24)44)31-16-33(56)49-66(31,60)61/h8-11,13,15-16,21,23,26,32,54-55H,3-7,12,14,17-20H2,1-2H3,(H,49,56). The summed E-state index contributed by atoms with van der Waals surface area (Å²) >= 11 is 0. The number of anilines is 1. The van der Waals surface area contributed by atoms with Gasteiger partial charge in [0.2, 0.25) is 6.43 Å². The molecule has 3 N–H and O–H groups in total. The molecule has 3 unspecified atom stereocenters. The lowest BCUT2D eigenvalue weighted by Gasteiger charge is -2.24. The van der Waals surface area contributed by atoms with Crippen molar-refractivity contribution in [1.82, 2.24) is 23.7 Å². The highest BCUT2D eigenvalue weighted by molar-refractivity contribution is 8.00. The van der Waals surface area contributed by atoms with Gasteiger partial charge < -0.3 is 19.7 Å². The van der Waals surface area contributed by atoms with Gasteiger partial charge in [0.1, 0.15) is 34.5 Å². The number of hydrogen-bond donors (Lipinski definition) is 3. The minimum Gasteiger partial charge on any atom is -0.507 e. The van der Waals surface area contributed by atoms with Gasteiger partial charge in [0.25, 0.3) is 27.8 Å². The van der Waals surface area contributed by atoms with Gasteiger partial charge in [-0.25, -0.2) is 48.6 Å². The van der Waals surface area contributed by atoms with Crippen molar-refractivity contribution in [3.05, 3.63) is 70.9 Å². The molecule has 67 heavy (non-hydrogen) atoms. The number of benzene rings is 2. The number of ether oxygens (including phenoxy) is 2. The lowest BCUT2D eigenvalue weighted by atomic mass is 10.0. The monoisotopic (exact) mass is 988 g/mol. The predicted molar refractivity (Wildman–Crippen MR) is 223 cm³/mol. The molecule has 26 heteroatoms. The Labute approximate surface area is 378 Å². The Morgan fingerprint density at radius 1 is 0.970 bits per heavy atom. The van der Waals surface area contributed by atoms with Crippen LogP contribution in [0, 0.1) is 17.6 Å². The third-order valence-electron chi connectivity index (χ3n) is 11.5. The van der Waals surface area contributed by atoms with Gasteiger partial charge in [0.15, 0.2) is 12.5 Å². The molecule has 7 rings (SSSR count). The maximum absolute atomic E-state index is 16.1. The second-order valence-corrected chi connectivity index (χ2v) is 19.5. The van der Waals surface area contributed by atoms with Gasteiger partial charge in [-0.3, -0.25) is 24.0 Å². The van der Waals surface area contributed by atoms with E-state index in [1.54, 1.807) is 11.6 Å². The largest absolute Gasteiger partial charge is 0.507 e. The highest BCUT2D eigenvalue weighted by atomic mass is 32.2. The van der Waals surface area contributed by atoms with Crippen molar-refractivity contribution in [3.63, 3.8) is 0 Å². The maximum atomic E-state index is 16.1. The Morgan fingerprint density at radius 3 is 2.30 bits per heavy atom. The quantitative estimate of drug-likeness (QED) is 0.0883. The summed E-state index contributed by atoms with van der Waals surface area (Å²) in [7, 11) is -9.45. The van der Waals surface area contributed by atoms with E-state index < -0.39 is 146 Å². The zero-order valence-corrected chi connectivity index (χ0v) is 37.1. The van der Waals surface area contributed by atoms with Crippen molar-refractivity contribution in [3.8, 4) is 22.8 Å². The van der Waals surface area contributed by atoms with Gasteiger partial charge in [0.05, 0.1) is 42.3 Å². The summed E-state index contributed by atoms with van der Waals surface area (Å²) in [6.07, 6.45) is -2.33. The normalized spacial score (nSPS) is 20.8. The summed E-state index contributed by atoms with van der Waals surface area (Å²) in [6, 6.07) is 4.05. The number of nitrogens with one attached hydrogen (secondary N) is 1. The Bertz CT molecular complexity index is 2820. The van der Waals surface area contributed by atoms with E-state index in [9.17, 15) is 63.8 Å². The van der Waals surface area contributed by atoms with Crippen LogP contribution in [-0.2, 0) is 50.6 Å². The second kappa shape index (κ2) is 18.4. The summed E-state index contributed by atoms with van der Waals surface area (Å²) in [5.41, 5.74) is -2.36. The Morgan fingerprint density at radius 2 is 1.66 bits per heavy atom. The molecule has 2 fully saturated rings. The molecular formula is C41H42F6N6O12S2. The number of phenolic OH excluding ortho intramolecular Hbond substituents is 2. The minimum atomic E-state index is -4.93. The van der Waals surface area contributed by atoms with Crippen LogP contribution in [0.25, 0.3) is 21.7 Å². The molecule has 18 nitrogen and oxygen atoms in total. The number of sulfonamides is 1. The summed E-state index contributed by atoms with van der Waals surface area (Å²) in [5, 5.41) is 25.1. The fourth-order valence-corrected chi connectivity index (χ4v) is 10.5. The molecular weight excluding hydrogens is 947 g/mol. The van der Waals surface area contributed by atoms with Crippen LogP contribution in [0.2, 0.25) is 0 Å².